The summed E-state index contributed by atoms with van der Waals surface area (Å²) in [5.41, 5.74) is 0.337. The quantitative estimate of drug-likeness (QED) is 0.836. The summed E-state index contributed by atoms with van der Waals surface area (Å²) in [4.78, 5) is 2.79. The third-order valence-electron chi connectivity index (χ3n) is 4.86. The Balaban J connectivity index is 1.98. The number of nitrogens with zero attached hydrogens (tertiary/aromatic N) is 1. The molecule has 4 atom stereocenters. The summed E-state index contributed by atoms with van der Waals surface area (Å²) in [5, 5.41) is 4.64. The molecule has 0 aromatic carbocycles. The van der Waals surface area contributed by atoms with Crippen LogP contribution in [0.15, 0.2) is 0 Å². The normalized spacial score (nSPS) is 44.1. The van der Waals surface area contributed by atoms with E-state index in [1.54, 1.807) is 0 Å². The highest BCUT2D eigenvalue weighted by molar-refractivity contribution is 7.99. The molecule has 0 spiro atoms. The van der Waals surface area contributed by atoms with Gasteiger partial charge in [-0.25, -0.2) is 0 Å². The van der Waals surface area contributed by atoms with Crippen LogP contribution in [0.2, 0.25) is 0 Å². The van der Waals surface area contributed by atoms with Gasteiger partial charge in [-0.05, 0) is 45.8 Å². The van der Waals surface area contributed by atoms with E-state index in [9.17, 15) is 0 Å². The van der Waals surface area contributed by atoms with Gasteiger partial charge < -0.3 is 5.32 Å². The highest BCUT2D eigenvalue weighted by atomic mass is 32.2. The van der Waals surface area contributed by atoms with E-state index in [1.807, 2.05) is 0 Å². The summed E-state index contributed by atoms with van der Waals surface area (Å²) in [6.45, 7) is 9.46. The molecular formula is C14H28N2S. The van der Waals surface area contributed by atoms with E-state index in [-0.39, 0.29) is 0 Å². The molecule has 1 heterocycles. The van der Waals surface area contributed by atoms with Crippen LogP contribution in [0.4, 0.5) is 0 Å². The van der Waals surface area contributed by atoms with Crippen molar-refractivity contribution >= 4 is 11.8 Å². The lowest BCUT2D eigenvalue weighted by Gasteiger charge is -2.47. The summed E-state index contributed by atoms with van der Waals surface area (Å²) in [7, 11) is 0. The van der Waals surface area contributed by atoms with E-state index >= 15 is 0 Å². The maximum absolute atomic E-state index is 3.73. The Bertz CT molecular complexity index is 259. The van der Waals surface area contributed by atoms with Gasteiger partial charge >= 0.3 is 0 Å². The van der Waals surface area contributed by atoms with Crippen molar-refractivity contribution in [3.05, 3.63) is 0 Å². The lowest BCUT2D eigenvalue weighted by Crippen LogP contribution is -2.63. The van der Waals surface area contributed by atoms with Gasteiger partial charge in [-0.1, -0.05) is 6.92 Å². The van der Waals surface area contributed by atoms with Crippen LogP contribution in [-0.4, -0.2) is 47.1 Å². The van der Waals surface area contributed by atoms with Crippen molar-refractivity contribution in [3.8, 4) is 0 Å². The van der Waals surface area contributed by atoms with Gasteiger partial charge in [0.25, 0.3) is 0 Å². The minimum atomic E-state index is 0.337. The van der Waals surface area contributed by atoms with Gasteiger partial charge in [0.2, 0.25) is 0 Å². The summed E-state index contributed by atoms with van der Waals surface area (Å²) < 4.78 is 0. The van der Waals surface area contributed by atoms with E-state index in [0.29, 0.717) is 11.6 Å². The van der Waals surface area contributed by atoms with Crippen molar-refractivity contribution in [1.29, 1.82) is 0 Å². The van der Waals surface area contributed by atoms with Gasteiger partial charge in [0.15, 0.2) is 0 Å². The summed E-state index contributed by atoms with van der Waals surface area (Å²) in [6, 6.07) is 1.55. The number of rotatable bonds is 3. The van der Waals surface area contributed by atoms with Crippen LogP contribution in [0.5, 0.6) is 0 Å². The fourth-order valence-corrected chi connectivity index (χ4v) is 4.07. The molecule has 1 N–H and O–H groups in total. The van der Waals surface area contributed by atoms with Gasteiger partial charge in [0.05, 0.1) is 0 Å². The first-order chi connectivity index (χ1) is 8.08. The van der Waals surface area contributed by atoms with Crippen LogP contribution in [0, 0.1) is 0 Å². The maximum Gasteiger partial charge on any atom is 0.0278 e. The second-order valence-corrected chi connectivity index (χ2v) is 7.28. The molecule has 2 nitrogen and oxygen atoms in total. The molecule has 0 aromatic rings. The highest BCUT2D eigenvalue weighted by Crippen LogP contribution is 2.34. The van der Waals surface area contributed by atoms with Gasteiger partial charge in [-0.2, -0.15) is 11.8 Å². The molecule has 1 saturated carbocycles. The van der Waals surface area contributed by atoms with Gasteiger partial charge in [0, 0.05) is 36.0 Å². The average Bonchev–Trinajstić information content (AvgIpc) is 2.81. The average molecular weight is 256 g/mol. The largest absolute Gasteiger partial charge is 0.309 e. The third kappa shape index (κ3) is 2.99. The minimum Gasteiger partial charge on any atom is -0.309 e. The fraction of sp³-hybridized carbons (Fsp3) is 1.00. The Morgan fingerprint density at radius 1 is 1.41 bits per heavy atom. The molecule has 0 bridgehead atoms. The van der Waals surface area contributed by atoms with Crippen molar-refractivity contribution in [2.45, 2.75) is 69.3 Å². The highest BCUT2D eigenvalue weighted by Gasteiger charge is 2.38. The lowest BCUT2D eigenvalue weighted by molar-refractivity contribution is 0.0560. The number of hydrogen-bond acceptors (Lipinski definition) is 3. The standard InChI is InChI=1S/C14H28N2S/c1-5-14(3)10-16(11(2)9-15-14)12-6-7-13(8-12)17-4/h11-13,15H,5-10H2,1-4H3. The molecule has 4 unspecified atom stereocenters. The molecule has 0 radical (unpaired) electrons. The van der Waals surface area contributed by atoms with Crippen LogP contribution < -0.4 is 5.32 Å². The Kier molecular flexibility index (Phi) is 4.43. The van der Waals surface area contributed by atoms with E-state index in [1.165, 1.54) is 32.2 Å². The van der Waals surface area contributed by atoms with Crippen molar-refractivity contribution in [2.24, 2.45) is 0 Å². The number of hydrogen-bond donors (Lipinski definition) is 1. The zero-order valence-corrected chi connectivity index (χ0v) is 12.6. The zero-order chi connectivity index (χ0) is 12.5. The Morgan fingerprint density at radius 3 is 2.76 bits per heavy atom. The smallest absolute Gasteiger partial charge is 0.0278 e. The molecule has 2 rings (SSSR count). The van der Waals surface area contributed by atoms with Gasteiger partial charge in [-0.3, -0.25) is 4.90 Å². The predicted octanol–water partition coefficient (Wildman–Crippen LogP) is 2.73. The summed E-state index contributed by atoms with van der Waals surface area (Å²) in [5.74, 6) is 0. The first kappa shape index (κ1) is 13.7. The van der Waals surface area contributed by atoms with Crippen LogP contribution in [0.3, 0.4) is 0 Å². The van der Waals surface area contributed by atoms with Crippen LogP contribution in [-0.2, 0) is 0 Å². The van der Waals surface area contributed by atoms with E-state index in [0.717, 1.165) is 17.8 Å². The van der Waals surface area contributed by atoms with E-state index in [2.05, 4.69) is 49.0 Å². The number of piperazine rings is 1. The minimum absolute atomic E-state index is 0.337. The molecule has 2 aliphatic rings. The molecule has 17 heavy (non-hydrogen) atoms. The zero-order valence-electron chi connectivity index (χ0n) is 11.8. The molecule has 0 amide bonds. The van der Waals surface area contributed by atoms with Gasteiger partial charge in [0.1, 0.15) is 0 Å². The first-order valence-electron chi connectivity index (χ1n) is 7.11. The predicted molar refractivity (Wildman–Crippen MR) is 77.8 cm³/mol. The van der Waals surface area contributed by atoms with E-state index < -0.39 is 0 Å². The van der Waals surface area contributed by atoms with Crippen molar-refractivity contribution < 1.29 is 0 Å². The Hall–Kier alpha value is 0.270. The summed E-state index contributed by atoms with van der Waals surface area (Å²) >= 11 is 2.06. The maximum atomic E-state index is 3.73. The molecule has 0 aromatic heterocycles. The fourth-order valence-electron chi connectivity index (χ4n) is 3.28. The molecule has 1 saturated heterocycles. The van der Waals surface area contributed by atoms with Crippen molar-refractivity contribution in [1.82, 2.24) is 10.2 Å². The number of thioether (sulfide) groups is 1. The Morgan fingerprint density at radius 2 is 2.18 bits per heavy atom. The number of nitrogens with one attached hydrogen (secondary N) is 1. The topological polar surface area (TPSA) is 15.3 Å². The van der Waals surface area contributed by atoms with Crippen molar-refractivity contribution in [2.75, 3.05) is 19.3 Å². The second-order valence-electron chi connectivity index (χ2n) is 6.14. The first-order valence-corrected chi connectivity index (χ1v) is 8.40. The molecular weight excluding hydrogens is 228 g/mol. The molecule has 3 heteroatoms. The Labute approximate surface area is 111 Å². The SMILES string of the molecule is CCC1(C)CN(C2CCC(SC)C2)C(C)CN1. The van der Waals surface area contributed by atoms with Gasteiger partial charge in [-0.15, -0.1) is 0 Å². The van der Waals surface area contributed by atoms with Crippen LogP contribution in [0.25, 0.3) is 0 Å². The molecule has 2 fully saturated rings. The molecule has 100 valence electrons. The lowest BCUT2D eigenvalue weighted by atomic mass is 9.92. The van der Waals surface area contributed by atoms with Crippen molar-refractivity contribution in [3.63, 3.8) is 0 Å². The third-order valence-corrected chi connectivity index (χ3v) is 5.96. The molecule has 1 aliphatic carbocycles. The molecule has 1 aliphatic heterocycles. The summed E-state index contributed by atoms with van der Waals surface area (Å²) in [6.07, 6.45) is 7.74. The van der Waals surface area contributed by atoms with Crippen LogP contribution in [0.1, 0.15) is 46.5 Å². The monoisotopic (exact) mass is 256 g/mol. The van der Waals surface area contributed by atoms with E-state index in [4.69, 9.17) is 0 Å². The van der Waals surface area contributed by atoms with Crippen LogP contribution >= 0.6 is 11.8 Å². The second kappa shape index (κ2) is 5.50.